The molecular weight excluding hydrogens is 484 g/mol. The van der Waals surface area contributed by atoms with Gasteiger partial charge in [-0.15, -0.1) is 0 Å². The molecule has 0 unspecified atom stereocenters. The Balaban J connectivity index is 1.76. The van der Waals surface area contributed by atoms with Crippen LogP contribution in [0.1, 0.15) is 27.0 Å². The van der Waals surface area contributed by atoms with E-state index in [9.17, 15) is 35.9 Å². The third-order valence-corrected chi connectivity index (χ3v) is 5.12. The van der Waals surface area contributed by atoms with Crippen LogP contribution in [0, 0.1) is 0 Å². The van der Waals surface area contributed by atoms with Gasteiger partial charge < -0.3 is 15.0 Å². The maximum atomic E-state index is 13.1. The second-order valence-corrected chi connectivity index (χ2v) is 7.59. The van der Waals surface area contributed by atoms with Crippen molar-refractivity contribution in [3.8, 4) is 0 Å². The molecule has 0 spiro atoms. The van der Waals surface area contributed by atoms with E-state index in [-0.39, 0.29) is 37.9 Å². The Bertz CT molecular complexity index is 1100. The molecule has 1 N–H and O–H groups in total. The smallest absolute Gasteiger partial charge is 0.416 e. The lowest BCUT2D eigenvalue weighted by Crippen LogP contribution is -2.42. The van der Waals surface area contributed by atoms with Crippen LogP contribution in [0.25, 0.3) is 10.4 Å². The SMILES string of the molecule is [N-]=[N+]=N[C@H]1CN(C(=O)OCc2ccccc2)C[C@@H]1NC(=O)c1cc(C(F)(F)F)cc(C(F)(F)F)c1. The maximum Gasteiger partial charge on any atom is 0.416 e. The summed E-state index contributed by atoms with van der Waals surface area (Å²) in [4.78, 5) is 28.7. The number of azide groups is 1. The Morgan fingerprint density at radius 1 is 1.03 bits per heavy atom. The van der Waals surface area contributed by atoms with E-state index < -0.39 is 53.1 Å². The molecule has 8 nitrogen and oxygen atoms in total. The van der Waals surface area contributed by atoms with E-state index in [1.54, 1.807) is 30.3 Å². The molecule has 1 fully saturated rings. The first-order valence-corrected chi connectivity index (χ1v) is 9.98. The molecule has 1 saturated heterocycles. The molecule has 0 radical (unpaired) electrons. The third-order valence-electron chi connectivity index (χ3n) is 5.12. The molecule has 1 aliphatic heterocycles. The Morgan fingerprint density at radius 3 is 2.17 bits per heavy atom. The van der Waals surface area contributed by atoms with E-state index in [2.05, 4.69) is 15.3 Å². The fraction of sp³-hybridized carbons (Fsp3) is 0.333. The first kappa shape index (κ1) is 25.7. The van der Waals surface area contributed by atoms with Gasteiger partial charge in [0.2, 0.25) is 0 Å². The predicted molar refractivity (Wildman–Crippen MR) is 109 cm³/mol. The molecule has 1 aliphatic rings. The summed E-state index contributed by atoms with van der Waals surface area (Å²) >= 11 is 0. The van der Waals surface area contributed by atoms with Crippen LogP contribution in [0.4, 0.5) is 31.1 Å². The first-order chi connectivity index (χ1) is 16.4. The lowest BCUT2D eigenvalue weighted by molar-refractivity contribution is -0.143. The van der Waals surface area contributed by atoms with Crippen LogP contribution < -0.4 is 5.32 Å². The normalized spacial score (nSPS) is 18.1. The number of hydrogen-bond donors (Lipinski definition) is 1. The number of halogens is 6. The van der Waals surface area contributed by atoms with Gasteiger partial charge in [0.15, 0.2) is 0 Å². The van der Waals surface area contributed by atoms with Gasteiger partial charge in [0, 0.05) is 23.6 Å². The topological polar surface area (TPSA) is 107 Å². The van der Waals surface area contributed by atoms with Gasteiger partial charge in [-0.25, -0.2) is 4.79 Å². The number of nitrogens with zero attached hydrogens (tertiary/aromatic N) is 4. The van der Waals surface area contributed by atoms with E-state index >= 15 is 0 Å². The summed E-state index contributed by atoms with van der Waals surface area (Å²) in [6, 6.07) is 7.04. The zero-order valence-corrected chi connectivity index (χ0v) is 17.7. The molecule has 186 valence electrons. The highest BCUT2D eigenvalue weighted by atomic mass is 19.4. The molecule has 0 bridgehead atoms. The Hall–Kier alpha value is -3.93. The van der Waals surface area contributed by atoms with Crippen LogP contribution >= 0.6 is 0 Å². The number of alkyl halides is 6. The number of amides is 2. The van der Waals surface area contributed by atoms with Gasteiger partial charge in [0.05, 0.1) is 23.2 Å². The molecule has 3 rings (SSSR count). The number of hydrogen-bond acceptors (Lipinski definition) is 4. The van der Waals surface area contributed by atoms with Crippen molar-refractivity contribution in [1.29, 1.82) is 0 Å². The Morgan fingerprint density at radius 2 is 1.63 bits per heavy atom. The van der Waals surface area contributed by atoms with Crippen molar-refractivity contribution in [1.82, 2.24) is 10.2 Å². The van der Waals surface area contributed by atoms with E-state index in [4.69, 9.17) is 10.3 Å². The average molecular weight is 501 g/mol. The number of rotatable bonds is 5. The fourth-order valence-corrected chi connectivity index (χ4v) is 3.41. The minimum atomic E-state index is -5.13. The van der Waals surface area contributed by atoms with E-state index in [0.717, 1.165) is 4.90 Å². The van der Waals surface area contributed by atoms with Gasteiger partial charge in [-0.1, -0.05) is 35.4 Å². The summed E-state index contributed by atoms with van der Waals surface area (Å²) in [7, 11) is 0. The van der Waals surface area contributed by atoms with Crippen LogP contribution in [0.5, 0.6) is 0 Å². The third kappa shape index (κ3) is 6.57. The van der Waals surface area contributed by atoms with Crippen molar-refractivity contribution in [2.75, 3.05) is 13.1 Å². The second kappa shape index (κ2) is 10.1. The number of nitrogens with one attached hydrogen (secondary N) is 1. The Kier molecular flexibility index (Phi) is 7.44. The lowest BCUT2D eigenvalue weighted by Gasteiger charge is -2.18. The Labute approximate surface area is 194 Å². The number of ether oxygens (including phenoxy) is 1. The molecule has 0 aliphatic carbocycles. The van der Waals surface area contributed by atoms with Crippen LogP contribution in [-0.2, 0) is 23.7 Å². The molecule has 2 amide bonds. The van der Waals surface area contributed by atoms with Crippen LogP contribution in [-0.4, -0.2) is 42.1 Å². The fourth-order valence-electron chi connectivity index (χ4n) is 3.41. The zero-order valence-electron chi connectivity index (χ0n) is 17.7. The first-order valence-electron chi connectivity index (χ1n) is 9.98. The summed E-state index contributed by atoms with van der Waals surface area (Å²) < 4.78 is 83.7. The highest BCUT2D eigenvalue weighted by molar-refractivity contribution is 5.95. The summed E-state index contributed by atoms with van der Waals surface area (Å²) in [6.45, 7) is -0.489. The van der Waals surface area contributed by atoms with Crippen molar-refractivity contribution < 1.29 is 40.7 Å². The highest BCUT2D eigenvalue weighted by Crippen LogP contribution is 2.36. The van der Waals surface area contributed by atoms with Crippen LogP contribution in [0.3, 0.4) is 0 Å². The molecule has 0 saturated carbocycles. The van der Waals surface area contributed by atoms with E-state index in [0.29, 0.717) is 5.56 Å². The van der Waals surface area contributed by atoms with Gasteiger partial charge in [0.1, 0.15) is 6.61 Å². The minimum Gasteiger partial charge on any atom is -0.445 e. The van der Waals surface area contributed by atoms with Crippen molar-refractivity contribution in [2.45, 2.75) is 31.0 Å². The van der Waals surface area contributed by atoms with Gasteiger partial charge in [-0.3, -0.25) is 4.79 Å². The summed E-state index contributed by atoms with van der Waals surface area (Å²) in [5.74, 6) is -1.26. The molecule has 0 aromatic heterocycles. The summed E-state index contributed by atoms with van der Waals surface area (Å²) in [6.07, 6.45) is -11.1. The van der Waals surface area contributed by atoms with E-state index in [1.807, 2.05) is 0 Å². The number of carbonyl (C=O) groups excluding carboxylic acids is 2. The van der Waals surface area contributed by atoms with Crippen LogP contribution in [0.2, 0.25) is 0 Å². The van der Waals surface area contributed by atoms with Gasteiger partial charge >= 0.3 is 18.4 Å². The molecule has 2 aromatic carbocycles. The van der Waals surface area contributed by atoms with E-state index in [1.165, 1.54) is 0 Å². The molecule has 1 heterocycles. The number of likely N-dealkylation sites (tertiary alicyclic amines) is 1. The number of carbonyl (C=O) groups is 2. The maximum absolute atomic E-state index is 13.1. The van der Waals surface area contributed by atoms with Gasteiger partial charge in [-0.2, -0.15) is 26.3 Å². The highest BCUT2D eigenvalue weighted by Gasteiger charge is 2.39. The van der Waals surface area contributed by atoms with Gasteiger partial charge in [-0.05, 0) is 29.3 Å². The largest absolute Gasteiger partial charge is 0.445 e. The van der Waals surface area contributed by atoms with Crippen molar-refractivity contribution in [3.05, 3.63) is 81.2 Å². The molecule has 2 aromatic rings. The van der Waals surface area contributed by atoms with Gasteiger partial charge in [0.25, 0.3) is 5.91 Å². The summed E-state index contributed by atoms with van der Waals surface area (Å²) in [5, 5.41) is 5.73. The summed E-state index contributed by atoms with van der Waals surface area (Å²) in [5.41, 5.74) is 5.29. The quantitative estimate of drug-likeness (QED) is 0.265. The molecular formula is C21H17F6N5O3. The standard InChI is InChI=1S/C21H17F6N5O3/c22-20(23,24)14-6-13(7-15(8-14)21(25,26)27)18(33)29-16-9-32(10-17(16)30-31-28)19(34)35-11-12-4-2-1-3-5-12/h1-8,16-17H,9-11H2,(H,29,33)/t16-,17-/m0/s1. The predicted octanol–water partition coefficient (Wildman–Crippen LogP) is 5.15. The van der Waals surface area contributed by atoms with Crippen molar-refractivity contribution in [3.63, 3.8) is 0 Å². The van der Waals surface area contributed by atoms with Crippen molar-refractivity contribution >= 4 is 12.0 Å². The molecule has 14 heteroatoms. The monoisotopic (exact) mass is 501 g/mol. The molecule has 2 atom stereocenters. The molecule has 35 heavy (non-hydrogen) atoms. The minimum absolute atomic E-state index is 0.0656. The average Bonchev–Trinajstić information content (AvgIpc) is 3.19. The number of benzene rings is 2. The second-order valence-electron chi connectivity index (χ2n) is 7.59. The van der Waals surface area contributed by atoms with Crippen molar-refractivity contribution in [2.24, 2.45) is 5.11 Å². The lowest BCUT2D eigenvalue weighted by atomic mass is 10.0. The zero-order chi connectivity index (χ0) is 25.8. The van der Waals surface area contributed by atoms with Crippen LogP contribution in [0.15, 0.2) is 53.6 Å².